The maximum atomic E-state index is 11.8. The molecule has 0 heterocycles. The van der Waals surface area contributed by atoms with Crippen LogP contribution in [0.5, 0.6) is 0 Å². The van der Waals surface area contributed by atoms with Crippen molar-refractivity contribution in [1.29, 1.82) is 0 Å². The Morgan fingerprint density at radius 2 is 1.93 bits per heavy atom. The van der Waals surface area contributed by atoms with Crippen LogP contribution in [-0.2, 0) is 9.53 Å². The van der Waals surface area contributed by atoms with Gasteiger partial charge in [-0.15, -0.1) is 0 Å². The van der Waals surface area contributed by atoms with Gasteiger partial charge in [-0.1, -0.05) is 6.92 Å². The topological polar surface area (TPSA) is 38.3 Å². The first kappa shape index (κ1) is 14.2. The molecule has 1 N–H and O–H groups in total. The van der Waals surface area contributed by atoms with Gasteiger partial charge in [0.2, 0.25) is 0 Å². The van der Waals surface area contributed by atoms with E-state index in [1.165, 1.54) is 7.11 Å². The third-order valence-corrected chi connectivity index (χ3v) is 2.20. The van der Waals surface area contributed by atoms with Crippen molar-refractivity contribution in [2.45, 2.75) is 32.5 Å². The highest BCUT2D eigenvalue weighted by molar-refractivity contribution is 5.72. The van der Waals surface area contributed by atoms with Crippen molar-refractivity contribution in [1.82, 2.24) is 5.32 Å². The van der Waals surface area contributed by atoms with Crippen molar-refractivity contribution >= 4 is 5.97 Å². The van der Waals surface area contributed by atoms with Gasteiger partial charge in [-0.25, -0.2) is 0 Å². The molecular weight excluding hydrogens is 211 g/mol. The second-order valence-electron chi connectivity index (χ2n) is 3.42. The zero-order valence-corrected chi connectivity index (χ0v) is 9.02. The zero-order valence-electron chi connectivity index (χ0n) is 9.02. The van der Waals surface area contributed by atoms with E-state index in [1.54, 1.807) is 13.8 Å². The molecule has 0 aromatic rings. The van der Waals surface area contributed by atoms with E-state index >= 15 is 0 Å². The predicted octanol–water partition coefficient (Wildman–Crippen LogP) is 1.73. The van der Waals surface area contributed by atoms with Crippen LogP contribution < -0.4 is 5.32 Å². The van der Waals surface area contributed by atoms with Crippen LogP contribution in [0.25, 0.3) is 0 Å². The molecule has 0 aliphatic rings. The first-order valence-corrected chi connectivity index (χ1v) is 4.66. The number of hydrogen-bond acceptors (Lipinski definition) is 3. The fourth-order valence-corrected chi connectivity index (χ4v) is 1.01. The minimum Gasteiger partial charge on any atom is -0.469 e. The summed E-state index contributed by atoms with van der Waals surface area (Å²) in [5.41, 5.74) is 0. The fourth-order valence-electron chi connectivity index (χ4n) is 1.01. The predicted molar refractivity (Wildman–Crippen MR) is 49.3 cm³/mol. The average molecular weight is 227 g/mol. The minimum atomic E-state index is -4.17. The Labute approximate surface area is 87.0 Å². The van der Waals surface area contributed by atoms with Gasteiger partial charge >= 0.3 is 12.1 Å². The van der Waals surface area contributed by atoms with E-state index in [2.05, 4.69) is 10.1 Å². The SMILES string of the molecule is COC(=O)C(C)C(C)NCCC(F)(F)F. The summed E-state index contributed by atoms with van der Waals surface area (Å²) in [5, 5.41) is 2.63. The molecule has 90 valence electrons. The lowest BCUT2D eigenvalue weighted by Crippen LogP contribution is -2.38. The number of methoxy groups -OCH3 is 1. The molecule has 0 radical (unpaired) electrons. The number of carbonyl (C=O) groups excluding carboxylic acids is 1. The largest absolute Gasteiger partial charge is 0.469 e. The molecule has 3 nitrogen and oxygen atoms in total. The smallest absolute Gasteiger partial charge is 0.390 e. The normalized spacial score (nSPS) is 15.9. The van der Waals surface area contributed by atoms with Gasteiger partial charge in [-0.3, -0.25) is 4.79 Å². The summed E-state index contributed by atoms with van der Waals surface area (Å²) in [6, 6.07) is -0.334. The molecule has 0 amide bonds. The third kappa shape index (κ3) is 6.33. The molecule has 6 heteroatoms. The standard InChI is InChI=1S/C9H16F3NO2/c1-6(8(14)15-3)7(2)13-5-4-9(10,11)12/h6-7,13H,4-5H2,1-3H3. The minimum absolute atomic E-state index is 0.188. The monoisotopic (exact) mass is 227 g/mol. The number of alkyl halides is 3. The molecule has 0 rings (SSSR count). The molecule has 0 spiro atoms. The lowest BCUT2D eigenvalue weighted by molar-refractivity contribution is -0.145. The van der Waals surface area contributed by atoms with Crippen LogP contribution in [-0.4, -0.2) is 31.8 Å². The Bertz CT molecular complexity index is 206. The van der Waals surface area contributed by atoms with Crippen LogP contribution in [0.4, 0.5) is 13.2 Å². The van der Waals surface area contributed by atoms with Crippen molar-refractivity contribution in [3.05, 3.63) is 0 Å². The van der Waals surface area contributed by atoms with Gasteiger partial charge in [0, 0.05) is 12.6 Å². The number of carbonyl (C=O) groups is 1. The van der Waals surface area contributed by atoms with E-state index in [4.69, 9.17) is 0 Å². The lowest BCUT2D eigenvalue weighted by Gasteiger charge is -2.19. The molecule has 2 atom stereocenters. The summed E-state index contributed by atoms with van der Waals surface area (Å²) < 4.78 is 39.9. The van der Waals surface area contributed by atoms with Gasteiger partial charge in [0.25, 0.3) is 0 Å². The van der Waals surface area contributed by atoms with Crippen LogP contribution in [0.1, 0.15) is 20.3 Å². The van der Waals surface area contributed by atoms with Crippen molar-refractivity contribution in [2.75, 3.05) is 13.7 Å². The van der Waals surface area contributed by atoms with Crippen molar-refractivity contribution in [3.8, 4) is 0 Å². The van der Waals surface area contributed by atoms with Crippen molar-refractivity contribution < 1.29 is 22.7 Å². The summed E-state index contributed by atoms with van der Waals surface area (Å²) >= 11 is 0. The maximum Gasteiger partial charge on any atom is 0.390 e. The Morgan fingerprint density at radius 1 is 1.40 bits per heavy atom. The molecule has 0 bridgehead atoms. The number of nitrogens with one attached hydrogen (secondary N) is 1. The second kappa shape index (κ2) is 5.95. The van der Waals surface area contributed by atoms with E-state index in [0.29, 0.717) is 0 Å². The van der Waals surface area contributed by atoms with E-state index in [1.807, 2.05) is 0 Å². The van der Waals surface area contributed by atoms with Crippen molar-refractivity contribution in [2.24, 2.45) is 5.92 Å². The maximum absolute atomic E-state index is 11.8. The molecule has 0 aromatic heterocycles. The summed E-state index contributed by atoms with van der Waals surface area (Å²) in [6.07, 6.45) is -5.06. The van der Waals surface area contributed by atoms with Crippen LogP contribution >= 0.6 is 0 Å². The third-order valence-electron chi connectivity index (χ3n) is 2.20. The molecule has 0 fully saturated rings. The highest BCUT2D eigenvalue weighted by atomic mass is 19.4. The first-order valence-electron chi connectivity index (χ1n) is 4.66. The molecule has 0 saturated carbocycles. The van der Waals surface area contributed by atoms with Crippen LogP contribution in [0, 0.1) is 5.92 Å². The molecule has 0 saturated heterocycles. The Balaban J connectivity index is 3.83. The number of ether oxygens (including phenoxy) is 1. The summed E-state index contributed by atoms with van der Waals surface area (Å²) in [4.78, 5) is 11.0. The van der Waals surface area contributed by atoms with Crippen molar-refractivity contribution in [3.63, 3.8) is 0 Å². The highest BCUT2D eigenvalue weighted by Gasteiger charge is 2.27. The fraction of sp³-hybridized carbons (Fsp3) is 0.889. The van der Waals surface area contributed by atoms with Gasteiger partial charge in [-0.05, 0) is 6.92 Å². The van der Waals surface area contributed by atoms with Gasteiger partial charge in [-0.2, -0.15) is 13.2 Å². The number of halogens is 3. The van der Waals surface area contributed by atoms with Gasteiger partial charge < -0.3 is 10.1 Å². The Morgan fingerprint density at radius 3 is 2.33 bits per heavy atom. The van der Waals surface area contributed by atoms with Crippen LogP contribution in [0.3, 0.4) is 0 Å². The van der Waals surface area contributed by atoms with Gasteiger partial charge in [0.05, 0.1) is 19.4 Å². The van der Waals surface area contributed by atoms with E-state index < -0.39 is 24.5 Å². The summed E-state index contributed by atoms with van der Waals surface area (Å²) in [5.74, 6) is -0.884. The molecular formula is C9H16F3NO2. The zero-order chi connectivity index (χ0) is 12.1. The number of hydrogen-bond donors (Lipinski definition) is 1. The van der Waals surface area contributed by atoms with Crippen LogP contribution in [0.15, 0.2) is 0 Å². The quantitative estimate of drug-likeness (QED) is 0.727. The average Bonchev–Trinajstić information content (AvgIpc) is 2.13. The molecule has 15 heavy (non-hydrogen) atoms. The lowest BCUT2D eigenvalue weighted by atomic mass is 10.0. The van der Waals surface area contributed by atoms with E-state index in [9.17, 15) is 18.0 Å². The molecule has 0 aromatic carbocycles. The van der Waals surface area contributed by atoms with Gasteiger partial charge in [0.1, 0.15) is 0 Å². The molecule has 2 unspecified atom stereocenters. The first-order chi connectivity index (χ1) is 6.78. The number of rotatable bonds is 5. The van der Waals surface area contributed by atoms with Crippen LogP contribution in [0.2, 0.25) is 0 Å². The number of esters is 1. The van der Waals surface area contributed by atoms with E-state index in [0.717, 1.165) is 0 Å². The van der Waals surface area contributed by atoms with Gasteiger partial charge in [0.15, 0.2) is 0 Å². The Kier molecular flexibility index (Phi) is 5.64. The second-order valence-corrected chi connectivity index (χ2v) is 3.42. The highest BCUT2D eigenvalue weighted by Crippen LogP contribution is 2.18. The molecule has 0 aliphatic heterocycles. The Hall–Kier alpha value is -0.780. The van der Waals surface area contributed by atoms with E-state index in [-0.39, 0.29) is 12.6 Å². The summed E-state index contributed by atoms with van der Waals surface area (Å²) in [6.45, 7) is 3.07. The summed E-state index contributed by atoms with van der Waals surface area (Å²) in [7, 11) is 1.25. The molecule has 0 aliphatic carbocycles.